The van der Waals surface area contributed by atoms with Gasteiger partial charge in [0.05, 0.1) is 17.1 Å². The van der Waals surface area contributed by atoms with Crippen LogP contribution < -0.4 is 4.90 Å². The van der Waals surface area contributed by atoms with Crippen molar-refractivity contribution in [2.75, 3.05) is 4.90 Å². The summed E-state index contributed by atoms with van der Waals surface area (Å²) in [6.07, 6.45) is 0. The topological polar surface area (TPSA) is 3.24 Å². The maximum absolute atomic E-state index is 2.48. The minimum atomic E-state index is 1.22. The summed E-state index contributed by atoms with van der Waals surface area (Å²) < 4.78 is 0. The molecule has 0 N–H and O–H groups in total. The van der Waals surface area contributed by atoms with Crippen LogP contribution in [0.1, 0.15) is 0 Å². The second-order valence-corrected chi connectivity index (χ2v) is 8.16. The van der Waals surface area contributed by atoms with Crippen LogP contribution in [0.5, 0.6) is 0 Å². The molecule has 5 aromatic rings. The molecule has 0 unspecified atom stereocenters. The van der Waals surface area contributed by atoms with Crippen LogP contribution in [-0.2, 0) is 0 Å². The molecule has 0 fully saturated rings. The van der Waals surface area contributed by atoms with Gasteiger partial charge in [-0.2, -0.15) is 0 Å². The van der Waals surface area contributed by atoms with Crippen LogP contribution >= 0.6 is 0 Å². The third-order valence-electron chi connectivity index (χ3n) is 6.56. The fraction of sp³-hybridized carbons (Fsp3) is 0. The molecule has 2 heterocycles. The lowest BCUT2D eigenvalue weighted by atomic mass is 9.90. The number of nitrogens with zero attached hydrogens (tertiary/aromatic N) is 1. The quantitative estimate of drug-likeness (QED) is 0.250. The number of benzene rings is 5. The van der Waals surface area contributed by atoms with Gasteiger partial charge in [0.2, 0.25) is 0 Å². The summed E-state index contributed by atoms with van der Waals surface area (Å²) in [5, 5.41) is 0. The Hall–Kier alpha value is -4.10. The van der Waals surface area contributed by atoms with E-state index in [-0.39, 0.29) is 0 Å². The van der Waals surface area contributed by atoms with Crippen LogP contribution in [0.2, 0.25) is 0 Å². The monoisotopic (exact) mass is 393 g/mol. The van der Waals surface area contributed by atoms with Crippen LogP contribution in [0, 0.1) is 0 Å². The minimum Gasteiger partial charge on any atom is -0.308 e. The van der Waals surface area contributed by atoms with Gasteiger partial charge in [-0.15, -0.1) is 0 Å². The molecule has 2 aliphatic rings. The van der Waals surface area contributed by atoms with Gasteiger partial charge in [-0.1, -0.05) is 103 Å². The SMILES string of the molecule is c1ccc2c(c1)-c1ccccc1N1c3ccccc3-c3ccccc3-c3cccc-2c31. The number of hydrogen-bond donors (Lipinski definition) is 0. The average molecular weight is 393 g/mol. The normalized spacial score (nSPS) is 12.5. The van der Waals surface area contributed by atoms with E-state index < -0.39 is 0 Å². The van der Waals surface area contributed by atoms with Crippen molar-refractivity contribution < 1.29 is 0 Å². The number of hydrogen-bond acceptors (Lipinski definition) is 1. The van der Waals surface area contributed by atoms with E-state index in [9.17, 15) is 0 Å². The molecule has 1 nitrogen and oxygen atoms in total. The molecule has 0 saturated carbocycles. The van der Waals surface area contributed by atoms with E-state index in [1.54, 1.807) is 0 Å². The van der Waals surface area contributed by atoms with E-state index in [0.29, 0.717) is 0 Å². The predicted octanol–water partition coefficient (Wildman–Crippen LogP) is 8.45. The summed E-state index contributed by atoms with van der Waals surface area (Å²) in [5.74, 6) is 0. The van der Waals surface area contributed by atoms with Crippen molar-refractivity contribution in [3.8, 4) is 44.5 Å². The van der Waals surface area contributed by atoms with E-state index in [4.69, 9.17) is 0 Å². The Morgan fingerprint density at radius 1 is 0.290 bits per heavy atom. The van der Waals surface area contributed by atoms with Crippen molar-refractivity contribution in [3.63, 3.8) is 0 Å². The second-order valence-electron chi connectivity index (χ2n) is 8.16. The zero-order valence-corrected chi connectivity index (χ0v) is 16.9. The summed E-state index contributed by atoms with van der Waals surface area (Å²) in [4.78, 5) is 2.48. The molecule has 31 heavy (non-hydrogen) atoms. The second kappa shape index (κ2) is 6.20. The number of fused-ring (bicyclic) bond motifs is 10. The molecule has 0 radical (unpaired) electrons. The third kappa shape index (κ3) is 2.21. The summed E-state index contributed by atoms with van der Waals surface area (Å²) in [6.45, 7) is 0. The Morgan fingerprint density at radius 2 is 0.613 bits per heavy atom. The first-order valence-corrected chi connectivity index (χ1v) is 10.7. The highest BCUT2D eigenvalue weighted by atomic mass is 15.2. The van der Waals surface area contributed by atoms with E-state index in [0.717, 1.165) is 0 Å². The van der Waals surface area contributed by atoms with E-state index >= 15 is 0 Å². The molecule has 0 spiro atoms. The van der Waals surface area contributed by atoms with Crippen LogP contribution in [-0.4, -0.2) is 0 Å². The Labute approximate surface area is 181 Å². The highest BCUT2D eigenvalue weighted by Crippen LogP contribution is 2.57. The van der Waals surface area contributed by atoms with Gasteiger partial charge in [0.1, 0.15) is 0 Å². The zero-order chi connectivity index (χ0) is 20.4. The Balaban J connectivity index is 1.75. The first-order chi connectivity index (χ1) is 15.4. The molecule has 0 aromatic heterocycles. The summed E-state index contributed by atoms with van der Waals surface area (Å²) >= 11 is 0. The molecule has 0 saturated heterocycles. The predicted molar refractivity (Wildman–Crippen MR) is 130 cm³/mol. The maximum atomic E-state index is 2.48. The largest absolute Gasteiger partial charge is 0.308 e. The first-order valence-electron chi connectivity index (χ1n) is 10.7. The van der Waals surface area contributed by atoms with Gasteiger partial charge in [-0.3, -0.25) is 0 Å². The van der Waals surface area contributed by atoms with Gasteiger partial charge in [0.15, 0.2) is 0 Å². The molecular weight excluding hydrogens is 374 g/mol. The van der Waals surface area contributed by atoms with Crippen LogP contribution in [0.3, 0.4) is 0 Å². The van der Waals surface area contributed by atoms with Crippen molar-refractivity contribution in [1.82, 2.24) is 0 Å². The molecule has 0 amide bonds. The molecular formula is C30H19N. The molecule has 7 rings (SSSR count). The highest BCUT2D eigenvalue weighted by molar-refractivity contribution is 6.11. The fourth-order valence-electron chi connectivity index (χ4n) is 5.29. The smallest absolute Gasteiger partial charge is 0.0619 e. The average Bonchev–Trinajstić information content (AvgIpc) is 3.05. The molecule has 5 aromatic carbocycles. The number of anilines is 3. The van der Waals surface area contributed by atoms with E-state index in [1.807, 2.05) is 0 Å². The summed E-state index contributed by atoms with van der Waals surface area (Å²) in [7, 11) is 0. The first kappa shape index (κ1) is 16.7. The molecule has 0 aliphatic carbocycles. The van der Waals surface area contributed by atoms with Gasteiger partial charge >= 0.3 is 0 Å². The van der Waals surface area contributed by atoms with Crippen LogP contribution in [0.15, 0.2) is 115 Å². The van der Waals surface area contributed by atoms with Crippen LogP contribution in [0.4, 0.5) is 17.1 Å². The highest BCUT2D eigenvalue weighted by Gasteiger charge is 2.32. The molecule has 2 aliphatic heterocycles. The van der Waals surface area contributed by atoms with Crippen molar-refractivity contribution in [2.24, 2.45) is 0 Å². The van der Waals surface area contributed by atoms with Gasteiger partial charge in [-0.25, -0.2) is 0 Å². The maximum Gasteiger partial charge on any atom is 0.0619 e. The Morgan fingerprint density at radius 3 is 1.06 bits per heavy atom. The van der Waals surface area contributed by atoms with Gasteiger partial charge in [0.25, 0.3) is 0 Å². The fourth-order valence-corrected chi connectivity index (χ4v) is 5.29. The lowest BCUT2D eigenvalue weighted by Crippen LogP contribution is -2.11. The molecule has 144 valence electrons. The number of rotatable bonds is 0. The van der Waals surface area contributed by atoms with Gasteiger partial charge in [0, 0.05) is 22.3 Å². The Bertz CT molecular complexity index is 1390. The van der Waals surface area contributed by atoms with Crippen LogP contribution in [0.25, 0.3) is 44.5 Å². The zero-order valence-electron chi connectivity index (χ0n) is 16.9. The van der Waals surface area contributed by atoms with E-state index in [2.05, 4.69) is 120 Å². The van der Waals surface area contributed by atoms with Crippen molar-refractivity contribution >= 4 is 17.1 Å². The van der Waals surface area contributed by atoms with Crippen molar-refractivity contribution in [2.45, 2.75) is 0 Å². The van der Waals surface area contributed by atoms with Crippen molar-refractivity contribution in [1.29, 1.82) is 0 Å². The number of para-hydroxylation sites is 3. The molecule has 1 heteroatoms. The van der Waals surface area contributed by atoms with Gasteiger partial charge < -0.3 is 4.90 Å². The lowest BCUT2D eigenvalue weighted by molar-refractivity contribution is 1.31. The third-order valence-corrected chi connectivity index (χ3v) is 6.56. The van der Waals surface area contributed by atoms with Gasteiger partial charge in [-0.05, 0) is 34.4 Å². The van der Waals surface area contributed by atoms with E-state index in [1.165, 1.54) is 61.6 Å². The van der Waals surface area contributed by atoms with Crippen molar-refractivity contribution in [3.05, 3.63) is 115 Å². The summed E-state index contributed by atoms with van der Waals surface area (Å²) in [5.41, 5.74) is 13.9. The standard InChI is InChI=1S/C30H19N/c1-3-12-22-20(10-1)24-14-5-7-18-28(24)31-29-19-8-6-15-25(29)21-11-2-4-13-23(21)27-17-9-16-26(22)30(27)31/h1-19H. The summed E-state index contributed by atoms with van der Waals surface area (Å²) in [6, 6.07) is 41.9. The Kier molecular flexibility index (Phi) is 3.33. The molecule has 0 atom stereocenters. The molecule has 0 bridgehead atoms. The lowest BCUT2D eigenvalue weighted by Gasteiger charge is -2.28. The minimum absolute atomic E-state index is 1.22.